The number of hydrogen-bond acceptors (Lipinski definition) is 3. The maximum atomic E-state index is 12.5. The van der Waals surface area contributed by atoms with E-state index >= 15 is 0 Å². The molecule has 146 valence electrons. The molecule has 4 aromatic rings. The number of aryl methyl sites for hydroxylation is 1. The van der Waals surface area contributed by atoms with Crippen molar-refractivity contribution in [1.29, 1.82) is 0 Å². The zero-order valence-corrected chi connectivity index (χ0v) is 16.4. The van der Waals surface area contributed by atoms with Crippen LogP contribution in [0.1, 0.15) is 27.0 Å². The molecule has 1 amide bonds. The van der Waals surface area contributed by atoms with Crippen LogP contribution in [0.4, 0.5) is 5.69 Å². The molecule has 29 heavy (non-hydrogen) atoms. The van der Waals surface area contributed by atoms with Gasteiger partial charge in [-0.25, -0.2) is 0 Å². The minimum Gasteiger partial charge on any atom is -0.383 e. The third-order valence-corrected chi connectivity index (χ3v) is 4.93. The van der Waals surface area contributed by atoms with Gasteiger partial charge in [-0.1, -0.05) is 48.0 Å². The third kappa shape index (κ3) is 4.63. The molecule has 0 saturated carbocycles. The van der Waals surface area contributed by atoms with E-state index in [1.165, 1.54) is 16.5 Å². The maximum absolute atomic E-state index is 12.5. The molecule has 2 aromatic carbocycles. The van der Waals surface area contributed by atoms with E-state index in [2.05, 4.69) is 51.1 Å². The average molecular weight is 384 g/mol. The Bertz CT molecular complexity index is 1130. The number of nitrogens with one attached hydrogen (secondary N) is 3. The number of fused-ring (bicyclic) bond motifs is 1. The minimum atomic E-state index is -0.126. The number of pyridine rings is 1. The van der Waals surface area contributed by atoms with Crippen LogP contribution in [-0.2, 0) is 13.0 Å². The van der Waals surface area contributed by atoms with Crippen molar-refractivity contribution < 1.29 is 4.79 Å². The summed E-state index contributed by atoms with van der Waals surface area (Å²) in [5, 5.41) is 7.57. The Morgan fingerprint density at radius 3 is 2.86 bits per heavy atom. The first-order chi connectivity index (χ1) is 14.2. The van der Waals surface area contributed by atoms with Crippen LogP contribution in [0.3, 0.4) is 0 Å². The number of rotatable bonds is 7. The first kappa shape index (κ1) is 18.7. The molecule has 0 atom stereocenters. The number of carbonyl (C=O) groups excluding carboxylic acids is 1. The fraction of sp³-hybridized carbons (Fsp3) is 0.167. The van der Waals surface area contributed by atoms with Gasteiger partial charge in [-0.2, -0.15) is 0 Å². The summed E-state index contributed by atoms with van der Waals surface area (Å²) in [6.45, 7) is 3.30. The number of nitrogens with zero attached hydrogens (tertiary/aromatic N) is 1. The molecule has 5 nitrogen and oxygen atoms in total. The van der Waals surface area contributed by atoms with E-state index in [1.54, 1.807) is 12.4 Å². The maximum Gasteiger partial charge on any atom is 0.253 e. The minimum absolute atomic E-state index is 0.126. The molecule has 0 aliphatic carbocycles. The normalized spacial score (nSPS) is 10.8. The lowest BCUT2D eigenvalue weighted by Gasteiger charge is -2.09. The lowest BCUT2D eigenvalue weighted by molar-refractivity contribution is 0.0950. The van der Waals surface area contributed by atoms with Gasteiger partial charge in [0.2, 0.25) is 0 Å². The summed E-state index contributed by atoms with van der Waals surface area (Å²) in [5.41, 5.74) is 6.08. The molecule has 5 heteroatoms. The monoisotopic (exact) mass is 384 g/mol. The van der Waals surface area contributed by atoms with Gasteiger partial charge in [0.15, 0.2) is 0 Å². The first-order valence-corrected chi connectivity index (χ1v) is 9.77. The predicted octanol–water partition coefficient (Wildman–Crippen LogP) is 4.46. The molecular formula is C24H24N4O. The lowest BCUT2D eigenvalue weighted by atomic mass is 10.1. The van der Waals surface area contributed by atoms with Crippen molar-refractivity contribution in [3.63, 3.8) is 0 Å². The van der Waals surface area contributed by atoms with Crippen LogP contribution in [0.2, 0.25) is 0 Å². The van der Waals surface area contributed by atoms with Gasteiger partial charge in [-0.05, 0) is 36.6 Å². The fourth-order valence-electron chi connectivity index (χ4n) is 3.45. The number of anilines is 1. The summed E-state index contributed by atoms with van der Waals surface area (Å²) >= 11 is 0. The second-order valence-electron chi connectivity index (χ2n) is 7.17. The van der Waals surface area contributed by atoms with Crippen LogP contribution >= 0.6 is 0 Å². The zero-order chi connectivity index (χ0) is 20.1. The lowest BCUT2D eigenvalue weighted by Crippen LogP contribution is -2.23. The Labute approximate surface area is 170 Å². The predicted molar refractivity (Wildman–Crippen MR) is 117 cm³/mol. The molecule has 0 spiro atoms. The summed E-state index contributed by atoms with van der Waals surface area (Å²) in [6.07, 6.45) is 6.27. The molecule has 0 aliphatic rings. The highest BCUT2D eigenvalue weighted by atomic mass is 16.1. The van der Waals surface area contributed by atoms with Crippen molar-refractivity contribution in [2.75, 3.05) is 11.9 Å². The van der Waals surface area contributed by atoms with E-state index < -0.39 is 0 Å². The van der Waals surface area contributed by atoms with Crippen molar-refractivity contribution >= 4 is 22.5 Å². The van der Waals surface area contributed by atoms with E-state index in [0.717, 1.165) is 29.7 Å². The van der Waals surface area contributed by atoms with Gasteiger partial charge in [-0.15, -0.1) is 0 Å². The topological polar surface area (TPSA) is 69.8 Å². The molecule has 0 aliphatic heterocycles. The molecule has 2 aromatic heterocycles. The van der Waals surface area contributed by atoms with Crippen LogP contribution in [0, 0.1) is 6.92 Å². The highest BCUT2D eigenvalue weighted by Gasteiger charge is 2.08. The van der Waals surface area contributed by atoms with Gasteiger partial charge >= 0.3 is 0 Å². The third-order valence-electron chi connectivity index (χ3n) is 4.93. The SMILES string of the molecule is Cc1cccc(CNC(=O)c2cncc(NCCc3c[nH]c4ccccc34)c2)c1. The van der Waals surface area contributed by atoms with E-state index in [-0.39, 0.29) is 5.91 Å². The summed E-state index contributed by atoms with van der Waals surface area (Å²) < 4.78 is 0. The van der Waals surface area contributed by atoms with Crippen LogP contribution in [0.15, 0.2) is 73.2 Å². The van der Waals surface area contributed by atoms with Crippen LogP contribution < -0.4 is 10.6 Å². The number of hydrogen-bond donors (Lipinski definition) is 3. The van der Waals surface area contributed by atoms with Gasteiger partial charge in [-0.3, -0.25) is 9.78 Å². The summed E-state index contributed by atoms with van der Waals surface area (Å²) in [6, 6.07) is 18.2. The number of carbonyl (C=O) groups is 1. The van der Waals surface area contributed by atoms with Gasteiger partial charge in [0.25, 0.3) is 5.91 Å². The first-order valence-electron chi connectivity index (χ1n) is 9.77. The van der Waals surface area contributed by atoms with Crippen molar-refractivity contribution in [3.8, 4) is 0 Å². The Morgan fingerprint density at radius 1 is 1.07 bits per heavy atom. The van der Waals surface area contributed by atoms with E-state index in [1.807, 2.05) is 37.3 Å². The van der Waals surface area contributed by atoms with E-state index in [9.17, 15) is 4.79 Å². The number of para-hydroxylation sites is 1. The molecule has 2 heterocycles. The summed E-state index contributed by atoms with van der Waals surface area (Å²) in [7, 11) is 0. The molecule has 0 saturated heterocycles. The van der Waals surface area contributed by atoms with Crippen molar-refractivity contribution in [3.05, 3.63) is 95.4 Å². The van der Waals surface area contributed by atoms with Crippen molar-refractivity contribution in [2.24, 2.45) is 0 Å². The molecule has 3 N–H and O–H groups in total. The number of H-pyrrole nitrogens is 1. The summed E-state index contributed by atoms with van der Waals surface area (Å²) in [5.74, 6) is -0.126. The molecule has 0 unspecified atom stereocenters. The smallest absolute Gasteiger partial charge is 0.253 e. The Morgan fingerprint density at radius 2 is 1.97 bits per heavy atom. The van der Waals surface area contributed by atoms with Gasteiger partial charge in [0.1, 0.15) is 0 Å². The second kappa shape index (κ2) is 8.61. The van der Waals surface area contributed by atoms with Crippen LogP contribution in [0.5, 0.6) is 0 Å². The number of aromatic amines is 1. The van der Waals surface area contributed by atoms with Gasteiger partial charge in [0.05, 0.1) is 11.3 Å². The van der Waals surface area contributed by atoms with Gasteiger partial charge in [0, 0.05) is 42.6 Å². The van der Waals surface area contributed by atoms with Crippen molar-refractivity contribution in [2.45, 2.75) is 19.9 Å². The quantitative estimate of drug-likeness (QED) is 0.441. The molecule has 0 bridgehead atoms. The van der Waals surface area contributed by atoms with Crippen LogP contribution in [-0.4, -0.2) is 22.4 Å². The second-order valence-corrected chi connectivity index (χ2v) is 7.17. The van der Waals surface area contributed by atoms with E-state index in [4.69, 9.17) is 0 Å². The number of benzene rings is 2. The van der Waals surface area contributed by atoms with Gasteiger partial charge < -0.3 is 15.6 Å². The number of amides is 1. The standard InChI is InChI=1S/C24H24N4O/c1-17-5-4-6-18(11-17)13-28-24(29)20-12-21(16-25-14-20)26-10-9-19-15-27-23-8-3-2-7-22(19)23/h2-8,11-12,14-16,26-27H,9-10,13H2,1H3,(H,28,29). The number of aromatic nitrogens is 2. The highest BCUT2D eigenvalue weighted by molar-refractivity contribution is 5.94. The fourth-order valence-corrected chi connectivity index (χ4v) is 3.45. The van der Waals surface area contributed by atoms with Crippen molar-refractivity contribution in [1.82, 2.24) is 15.3 Å². The average Bonchev–Trinajstić information content (AvgIpc) is 3.15. The summed E-state index contributed by atoms with van der Waals surface area (Å²) in [4.78, 5) is 20.0. The Hall–Kier alpha value is -3.60. The van der Waals surface area contributed by atoms with Crippen LogP contribution in [0.25, 0.3) is 10.9 Å². The van der Waals surface area contributed by atoms with E-state index in [0.29, 0.717) is 12.1 Å². The molecule has 0 radical (unpaired) electrons. The Kier molecular flexibility index (Phi) is 5.56. The molecule has 0 fully saturated rings. The molecule has 4 rings (SSSR count). The molecular weight excluding hydrogens is 360 g/mol. The highest BCUT2D eigenvalue weighted by Crippen LogP contribution is 2.18. The Balaban J connectivity index is 1.33. The zero-order valence-electron chi connectivity index (χ0n) is 16.4. The largest absolute Gasteiger partial charge is 0.383 e.